The number of rotatable bonds is 9. The number of ether oxygens (including phenoxy) is 3. The molecule has 0 N–H and O–H groups in total. The first kappa shape index (κ1) is 30.8. The molecule has 3 aromatic heterocycles. The standard InChI is InChI=1S/C30H29BrN4O6S2/c1-7-39-22-13-19(20(31)14-21(22)38-6)26-25(28(37)40-8-2)17(5)34-30-35(26)27(36)23(42-30)12-18-9-10-24(41-18)43-29-32-15(3)11-16(4)33-29/h9-14,26H,7-8H2,1-6H3/b23-12+/t26-/m0/s1. The maximum absolute atomic E-state index is 14.0. The SMILES string of the molecule is CCOC(=O)C1=C(C)N=c2s/c(=C/c3ccc(Sc4nc(C)cc(C)n4)o3)c(=O)n2[C@H]1c1cc(OCC)c(OC)cc1Br. The highest BCUT2D eigenvalue weighted by Crippen LogP contribution is 2.41. The van der Waals surface area contributed by atoms with Crippen molar-refractivity contribution < 1.29 is 23.4 Å². The number of thiazole rings is 1. The third kappa shape index (κ3) is 6.34. The molecule has 4 aromatic rings. The van der Waals surface area contributed by atoms with E-state index in [0.29, 0.717) is 59.2 Å². The van der Waals surface area contributed by atoms with Gasteiger partial charge in [0.2, 0.25) is 0 Å². The Morgan fingerprint density at radius 2 is 1.86 bits per heavy atom. The summed E-state index contributed by atoms with van der Waals surface area (Å²) in [6, 6.07) is 8.20. The van der Waals surface area contributed by atoms with Crippen molar-refractivity contribution in [3.63, 3.8) is 0 Å². The molecule has 5 rings (SSSR count). The molecule has 43 heavy (non-hydrogen) atoms. The van der Waals surface area contributed by atoms with Crippen LogP contribution >= 0.6 is 39.0 Å². The molecule has 0 bridgehead atoms. The number of furan rings is 1. The third-order valence-electron chi connectivity index (χ3n) is 6.42. The minimum absolute atomic E-state index is 0.173. The van der Waals surface area contributed by atoms with Gasteiger partial charge in [0.1, 0.15) is 5.76 Å². The quantitative estimate of drug-likeness (QED) is 0.175. The van der Waals surface area contributed by atoms with E-state index in [1.54, 1.807) is 45.2 Å². The summed E-state index contributed by atoms with van der Waals surface area (Å²) in [5.41, 5.74) is 2.76. The molecule has 1 atom stereocenters. The van der Waals surface area contributed by atoms with Crippen molar-refractivity contribution >= 4 is 51.1 Å². The second kappa shape index (κ2) is 12.9. The zero-order valence-corrected chi connectivity index (χ0v) is 27.6. The van der Waals surface area contributed by atoms with Crippen LogP contribution in [0.5, 0.6) is 11.5 Å². The molecule has 4 heterocycles. The number of hydrogen-bond acceptors (Lipinski definition) is 11. The molecule has 0 spiro atoms. The summed E-state index contributed by atoms with van der Waals surface area (Å²) in [4.78, 5) is 41.3. The number of esters is 1. The number of carbonyl (C=O) groups is 1. The molecule has 13 heteroatoms. The summed E-state index contributed by atoms with van der Waals surface area (Å²) in [6.07, 6.45) is 1.67. The minimum atomic E-state index is -0.832. The van der Waals surface area contributed by atoms with Crippen LogP contribution in [0.25, 0.3) is 6.08 Å². The molecule has 1 aliphatic rings. The van der Waals surface area contributed by atoms with Crippen molar-refractivity contribution in [2.45, 2.75) is 50.9 Å². The predicted molar refractivity (Wildman–Crippen MR) is 167 cm³/mol. The van der Waals surface area contributed by atoms with E-state index in [-0.39, 0.29) is 17.7 Å². The van der Waals surface area contributed by atoms with Crippen LogP contribution in [0.3, 0.4) is 0 Å². The lowest BCUT2D eigenvalue weighted by Gasteiger charge is -2.26. The van der Waals surface area contributed by atoms with Crippen molar-refractivity contribution in [2.75, 3.05) is 20.3 Å². The fraction of sp³-hybridized carbons (Fsp3) is 0.300. The number of hydrogen-bond donors (Lipinski definition) is 0. The van der Waals surface area contributed by atoms with Crippen molar-refractivity contribution in [2.24, 2.45) is 4.99 Å². The van der Waals surface area contributed by atoms with E-state index in [0.717, 1.165) is 11.4 Å². The van der Waals surface area contributed by atoms with Crippen LogP contribution < -0.4 is 24.4 Å². The van der Waals surface area contributed by atoms with Gasteiger partial charge in [-0.05, 0) is 82.3 Å². The maximum Gasteiger partial charge on any atom is 0.338 e. The largest absolute Gasteiger partial charge is 0.493 e. The number of methoxy groups -OCH3 is 1. The van der Waals surface area contributed by atoms with Gasteiger partial charge < -0.3 is 18.6 Å². The Labute approximate surface area is 264 Å². The van der Waals surface area contributed by atoms with Gasteiger partial charge in [0.15, 0.2) is 26.5 Å². The molecule has 224 valence electrons. The fourth-order valence-electron chi connectivity index (χ4n) is 4.70. The van der Waals surface area contributed by atoms with E-state index in [1.165, 1.54) is 27.7 Å². The van der Waals surface area contributed by atoms with Crippen LogP contribution in [0.2, 0.25) is 0 Å². The Balaban J connectivity index is 1.62. The van der Waals surface area contributed by atoms with Crippen molar-refractivity contribution in [3.8, 4) is 11.5 Å². The Bertz CT molecular complexity index is 1910. The molecule has 0 radical (unpaired) electrons. The van der Waals surface area contributed by atoms with Gasteiger partial charge >= 0.3 is 5.97 Å². The number of aromatic nitrogens is 3. The van der Waals surface area contributed by atoms with E-state index in [4.69, 9.17) is 18.6 Å². The highest BCUT2D eigenvalue weighted by atomic mass is 79.9. The molecular formula is C30H29BrN4O6S2. The molecule has 1 aliphatic heterocycles. The number of aryl methyl sites for hydroxylation is 2. The van der Waals surface area contributed by atoms with Crippen LogP contribution in [0.15, 0.2) is 70.5 Å². The van der Waals surface area contributed by atoms with E-state index in [9.17, 15) is 9.59 Å². The summed E-state index contributed by atoms with van der Waals surface area (Å²) in [5.74, 6) is 0.932. The minimum Gasteiger partial charge on any atom is -0.493 e. The van der Waals surface area contributed by atoms with Gasteiger partial charge in [0.25, 0.3) is 5.56 Å². The summed E-state index contributed by atoms with van der Waals surface area (Å²) in [6.45, 7) is 9.74. The molecule has 0 aliphatic carbocycles. The second-order valence-electron chi connectivity index (χ2n) is 9.45. The van der Waals surface area contributed by atoms with Crippen LogP contribution in [0.4, 0.5) is 0 Å². The lowest BCUT2D eigenvalue weighted by Crippen LogP contribution is -2.40. The normalized spacial score (nSPS) is 14.9. The second-order valence-corrected chi connectivity index (χ2v) is 12.3. The number of nitrogens with zero attached hydrogens (tertiary/aromatic N) is 4. The maximum atomic E-state index is 14.0. The molecule has 1 aromatic carbocycles. The molecular weight excluding hydrogens is 656 g/mol. The van der Waals surface area contributed by atoms with Gasteiger partial charge in [-0.3, -0.25) is 9.36 Å². The summed E-state index contributed by atoms with van der Waals surface area (Å²) >= 11 is 6.14. The Morgan fingerprint density at radius 3 is 2.53 bits per heavy atom. The summed E-state index contributed by atoms with van der Waals surface area (Å²) in [7, 11) is 1.55. The van der Waals surface area contributed by atoms with Crippen molar-refractivity contribution in [3.05, 3.63) is 88.5 Å². The van der Waals surface area contributed by atoms with E-state index >= 15 is 0 Å². The van der Waals surface area contributed by atoms with Crippen molar-refractivity contribution in [1.29, 1.82) is 0 Å². The molecule has 10 nitrogen and oxygen atoms in total. The van der Waals surface area contributed by atoms with Crippen molar-refractivity contribution in [1.82, 2.24) is 14.5 Å². The Morgan fingerprint density at radius 1 is 1.12 bits per heavy atom. The Kier molecular flexibility index (Phi) is 9.23. The van der Waals surface area contributed by atoms with E-state index < -0.39 is 12.0 Å². The van der Waals surface area contributed by atoms with Crippen LogP contribution in [0.1, 0.15) is 49.5 Å². The number of carbonyl (C=O) groups excluding carboxylic acids is 1. The van der Waals surface area contributed by atoms with Crippen LogP contribution in [-0.4, -0.2) is 40.8 Å². The van der Waals surface area contributed by atoms with Crippen LogP contribution in [-0.2, 0) is 9.53 Å². The van der Waals surface area contributed by atoms with Gasteiger partial charge in [-0.1, -0.05) is 27.3 Å². The average Bonchev–Trinajstić information content (AvgIpc) is 3.51. The first-order chi connectivity index (χ1) is 20.6. The van der Waals surface area contributed by atoms with Gasteiger partial charge in [-0.15, -0.1) is 0 Å². The number of fused-ring (bicyclic) bond motifs is 1. The summed E-state index contributed by atoms with van der Waals surface area (Å²) in [5, 5.41) is 1.17. The predicted octanol–water partition coefficient (Wildman–Crippen LogP) is 5.12. The molecule has 0 unspecified atom stereocenters. The fourth-order valence-corrected chi connectivity index (χ4v) is 7.10. The lowest BCUT2D eigenvalue weighted by atomic mass is 9.95. The van der Waals surface area contributed by atoms with E-state index in [1.807, 2.05) is 32.9 Å². The Hall–Kier alpha value is -3.68. The van der Waals surface area contributed by atoms with Gasteiger partial charge in [0, 0.05) is 21.9 Å². The molecule has 0 fully saturated rings. The van der Waals surface area contributed by atoms with Gasteiger partial charge in [-0.2, -0.15) is 0 Å². The van der Waals surface area contributed by atoms with Gasteiger partial charge in [0.05, 0.1) is 42.2 Å². The summed E-state index contributed by atoms with van der Waals surface area (Å²) < 4.78 is 25.3. The number of halogens is 1. The third-order valence-corrected chi connectivity index (χ3v) is 8.88. The van der Waals surface area contributed by atoms with Gasteiger partial charge in [-0.25, -0.2) is 19.8 Å². The first-order valence-corrected chi connectivity index (χ1v) is 15.9. The zero-order valence-electron chi connectivity index (χ0n) is 24.4. The first-order valence-electron chi connectivity index (χ1n) is 13.4. The average molecular weight is 686 g/mol. The number of benzene rings is 1. The lowest BCUT2D eigenvalue weighted by molar-refractivity contribution is -0.139. The number of allylic oxidation sites excluding steroid dienone is 1. The zero-order chi connectivity index (χ0) is 30.8. The molecule has 0 amide bonds. The monoisotopic (exact) mass is 684 g/mol. The molecule has 0 saturated heterocycles. The highest BCUT2D eigenvalue weighted by molar-refractivity contribution is 9.10. The smallest absolute Gasteiger partial charge is 0.338 e. The van der Waals surface area contributed by atoms with Crippen LogP contribution in [0, 0.1) is 13.8 Å². The topological polar surface area (TPSA) is 118 Å². The van der Waals surface area contributed by atoms with E-state index in [2.05, 4.69) is 30.9 Å². The molecule has 0 saturated carbocycles. The highest BCUT2D eigenvalue weighted by Gasteiger charge is 2.35.